The summed E-state index contributed by atoms with van der Waals surface area (Å²) in [5, 5.41) is 12.5. The lowest BCUT2D eigenvalue weighted by molar-refractivity contribution is -0.137. The van der Waals surface area contributed by atoms with Crippen molar-refractivity contribution in [3.05, 3.63) is 95.2 Å². The van der Waals surface area contributed by atoms with E-state index in [4.69, 9.17) is 5.11 Å². The minimum atomic E-state index is -4.38. The third-order valence-electron chi connectivity index (χ3n) is 5.19. The van der Waals surface area contributed by atoms with Crippen LogP contribution >= 0.6 is 0 Å². The number of hydrogen-bond donors (Lipinski definition) is 3. The Hall–Kier alpha value is -3.58. The number of para-hydroxylation sites is 1. The van der Waals surface area contributed by atoms with E-state index in [1.54, 1.807) is 24.3 Å². The molecule has 1 aromatic heterocycles. The van der Waals surface area contributed by atoms with E-state index in [1.807, 2.05) is 30.3 Å². The van der Waals surface area contributed by atoms with Crippen molar-refractivity contribution in [1.82, 2.24) is 10.3 Å². The van der Waals surface area contributed by atoms with Gasteiger partial charge < -0.3 is 15.4 Å². The maximum Gasteiger partial charge on any atom is 0.416 e. The molecule has 0 aliphatic heterocycles. The standard InChI is InChI=1S/C25H21F3N2O2/c26-25(27,28)20-8-1-4-16(12-20)13-21-15-18-6-3-9-22(23(18)30-21)17-5-2-7-19(14-17)24(32)29-10-11-31/h1-9,12,14-15,30-31H,10-11,13H2,(H,29,32). The van der Waals surface area contributed by atoms with E-state index in [0.717, 1.165) is 33.8 Å². The fourth-order valence-corrected chi connectivity index (χ4v) is 3.73. The predicted molar refractivity (Wildman–Crippen MR) is 117 cm³/mol. The second-order valence-electron chi connectivity index (χ2n) is 7.50. The van der Waals surface area contributed by atoms with Crippen molar-refractivity contribution in [2.75, 3.05) is 13.2 Å². The topological polar surface area (TPSA) is 65.1 Å². The van der Waals surface area contributed by atoms with Gasteiger partial charge in [0.1, 0.15) is 0 Å². The molecule has 0 aliphatic carbocycles. The number of carbonyl (C=O) groups excluding carboxylic acids is 1. The number of halogens is 3. The van der Waals surface area contributed by atoms with Gasteiger partial charge in [-0.3, -0.25) is 4.79 Å². The molecule has 0 bridgehead atoms. The first-order valence-corrected chi connectivity index (χ1v) is 10.1. The molecule has 0 fully saturated rings. The van der Waals surface area contributed by atoms with Gasteiger partial charge in [0.25, 0.3) is 5.91 Å². The molecule has 4 rings (SSSR count). The number of aliphatic hydroxyl groups excluding tert-OH is 1. The fourth-order valence-electron chi connectivity index (χ4n) is 3.73. The Kier molecular flexibility index (Phi) is 6.01. The van der Waals surface area contributed by atoms with Crippen molar-refractivity contribution < 1.29 is 23.1 Å². The SMILES string of the molecule is O=C(NCCO)c1cccc(-c2cccc3cc(Cc4cccc(C(F)(F)F)c4)[nH]c23)c1. The Morgan fingerprint density at radius 2 is 1.75 bits per heavy atom. The molecular weight excluding hydrogens is 417 g/mol. The highest BCUT2D eigenvalue weighted by molar-refractivity contribution is 5.98. The number of aromatic amines is 1. The summed E-state index contributed by atoms with van der Waals surface area (Å²) in [6.45, 7) is 0.0377. The lowest BCUT2D eigenvalue weighted by atomic mass is 10.0. The number of rotatable bonds is 6. The number of nitrogens with one attached hydrogen (secondary N) is 2. The predicted octanol–water partition coefficient (Wildman–Crippen LogP) is 5.17. The van der Waals surface area contributed by atoms with Crippen LogP contribution in [0.2, 0.25) is 0 Å². The molecule has 0 saturated heterocycles. The van der Waals surface area contributed by atoms with Crippen LogP contribution in [0.5, 0.6) is 0 Å². The molecule has 1 amide bonds. The van der Waals surface area contributed by atoms with Crippen molar-refractivity contribution in [2.45, 2.75) is 12.6 Å². The number of benzene rings is 3. The van der Waals surface area contributed by atoms with Crippen LogP contribution in [-0.4, -0.2) is 29.1 Å². The Morgan fingerprint density at radius 3 is 2.53 bits per heavy atom. The van der Waals surface area contributed by atoms with Crippen molar-refractivity contribution in [3.8, 4) is 11.1 Å². The zero-order valence-electron chi connectivity index (χ0n) is 17.0. The first kappa shape index (κ1) is 21.6. The summed E-state index contributed by atoms with van der Waals surface area (Å²) in [5.74, 6) is -0.273. The van der Waals surface area contributed by atoms with Gasteiger partial charge in [-0.25, -0.2) is 0 Å². The van der Waals surface area contributed by atoms with Gasteiger partial charge in [0.15, 0.2) is 0 Å². The summed E-state index contributed by atoms with van der Waals surface area (Å²) >= 11 is 0. The number of alkyl halides is 3. The number of H-pyrrole nitrogens is 1. The Balaban J connectivity index is 1.66. The van der Waals surface area contributed by atoms with Crippen LogP contribution in [0, 0.1) is 0 Å². The van der Waals surface area contributed by atoms with E-state index in [0.29, 0.717) is 17.5 Å². The molecule has 3 aromatic carbocycles. The minimum Gasteiger partial charge on any atom is -0.395 e. The number of amides is 1. The average molecular weight is 438 g/mol. The van der Waals surface area contributed by atoms with E-state index < -0.39 is 11.7 Å². The summed E-state index contributed by atoms with van der Waals surface area (Å²) in [6, 6.07) is 20.2. The van der Waals surface area contributed by atoms with Crippen LogP contribution in [0.3, 0.4) is 0 Å². The zero-order chi connectivity index (χ0) is 22.7. The van der Waals surface area contributed by atoms with Crippen LogP contribution in [-0.2, 0) is 12.6 Å². The van der Waals surface area contributed by atoms with Gasteiger partial charge in [0, 0.05) is 35.2 Å². The molecule has 4 aromatic rings. The number of carbonyl (C=O) groups is 1. The molecule has 3 N–H and O–H groups in total. The maximum absolute atomic E-state index is 13.0. The molecule has 1 heterocycles. The zero-order valence-corrected chi connectivity index (χ0v) is 17.0. The summed E-state index contributed by atoms with van der Waals surface area (Å²) in [6.07, 6.45) is -4.04. The molecule has 0 atom stereocenters. The Morgan fingerprint density at radius 1 is 0.969 bits per heavy atom. The second kappa shape index (κ2) is 8.88. The lowest BCUT2D eigenvalue weighted by Crippen LogP contribution is -2.26. The summed E-state index contributed by atoms with van der Waals surface area (Å²) in [5.41, 5.74) is 3.74. The minimum absolute atomic E-state index is 0.137. The van der Waals surface area contributed by atoms with Gasteiger partial charge in [-0.15, -0.1) is 0 Å². The van der Waals surface area contributed by atoms with E-state index >= 15 is 0 Å². The van der Waals surface area contributed by atoms with Crippen LogP contribution in [0.4, 0.5) is 13.2 Å². The second-order valence-corrected chi connectivity index (χ2v) is 7.50. The normalized spacial score (nSPS) is 11.6. The average Bonchev–Trinajstić information content (AvgIpc) is 3.19. The molecule has 0 unspecified atom stereocenters. The molecule has 0 radical (unpaired) electrons. The number of aromatic nitrogens is 1. The number of aliphatic hydroxyl groups is 1. The molecular formula is C25H21F3N2O2. The summed E-state index contributed by atoms with van der Waals surface area (Å²) in [4.78, 5) is 15.6. The van der Waals surface area contributed by atoms with Gasteiger partial charge in [-0.05, 0) is 35.4 Å². The highest BCUT2D eigenvalue weighted by Crippen LogP contribution is 2.32. The van der Waals surface area contributed by atoms with Crippen LogP contribution in [0.25, 0.3) is 22.0 Å². The molecule has 32 heavy (non-hydrogen) atoms. The molecule has 164 valence electrons. The monoisotopic (exact) mass is 438 g/mol. The quantitative estimate of drug-likeness (QED) is 0.389. The third-order valence-corrected chi connectivity index (χ3v) is 5.19. The van der Waals surface area contributed by atoms with Crippen LogP contribution in [0.1, 0.15) is 27.2 Å². The van der Waals surface area contributed by atoms with E-state index in [9.17, 15) is 18.0 Å². The lowest BCUT2D eigenvalue weighted by Gasteiger charge is -2.08. The van der Waals surface area contributed by atoms with Gasteiger partial charge in [0.05, 0.1) is 17.7 Å². The van der Waals surface area contributed by atoms with Crippen molar-refractivity contribution in [3.63, 3.8) is 0 Å². The van der Waals surface area contributed by atoms with Gasteiger partial charge in [-0.1, -0.05) is 48.5 Å². The highest BCUT2D eigenvalue weighted by atomic mass is 19.4. The molecule has 0 aliphatic rings. The van der Waals surface area contributed by atoms with E-state index in [2.05, 4.69) is 10.3 Å². The van der Waals surface area contributed by atoms with Gasteiger partial charge in [0.2, 0.25) is 0 Å². The van der Waals surface area contributed by atoms with E-state index in [1.165, 1.54) is 12.1 Å². The first-order valence-electron chi connectivity index (χ1n) is 10.1. The van der Waals surface area contributed by atoms with E-state index in [-0.39, 0.29) is 19.1 Å². The fraction of sp³-hybridized carbons (Fsp3) is 0.160. The van der Waals surface area contributed by atoms with Crippen LogP contribution in [0.15, 0.2) is 72.8 Å². The smallest absolute Gasteiger partial charge is 0.395 e. The molecule has 4 nitrogen and oxygen atoms in total. The third kappa shape index (κ3) is 4.68. The molecule has 7 heteroatoms. The highest BCUT2D eigenvalue weighted by Gasteiger charge is 2.30. The van der Waals surface area contributed by atoms with Crippen molar-refractivity contribution in [1.29, 1.82) is 0 Å². The largest absolute Gasteiger partial charge is 0.416 e. The van der Waals surface area contributed by atoms with Crippen molar-refractivity contribution in [2.24, 2.45) is 0 Å². The Bertz CT molecular complexity index is 1260. The number of hydrogen-bond acceptors (Lipinski definition) is 2. The first-order chi connectivity index (χ1) is 15.3. The van der Waals surface area contributed by atoms with Gasteiger partial charge >= 0.3 is 6.18 Å². The summed E-state index contributed by atoms with van der Waals surface area (Å²) in [7, 11) is 0. The Labute approximate surface area is 182 Å². The number of fused-ring (bicyclic) bond motifs is 1. The molecule has 0 spiro atoms. The van der Waals surface area contributed by atoms with Crippen molar-refractivity contribution >= 4 is 16.8 Å². The van der Waals surface area contributed by atoms with Crippen LogP contribution < -0.4 is 5.32 Å². The molecule has 0 saturated carbocycles. The summed E-state index contributed by atoms with van der Waals surface area (Å²) < 4.78 is 39.1. The maximum atomic E-state index is 13.0. The van der Waals surface area contributed by atoms with Gasteiger partial charge in [-0.2, -0.15) is 13.2 Å².